The Bertz CT molecular complexity index is 781. The number of thiazole rings is 1. The van der Waals surface area contributed by atoms with Crippen molar-refractivity contribution in [2.24, 2.45) is 0 Å². The zero-order chi connectivity index (χ0) is 16.4. The Hall–Kier alpha value is -2.28. The van der Waals surface area contributed by atoms with Crippen LogP contribution in [-0.4, -0.2) is 29.2 Å². The summed E-state index contributed by atoms with van der Waals surface area (Å²) in [6.45, 7) is 3.02. The predicted octanol–water partition coefficient (Wildman–Crippen LogP) is 2.00. The summed E-state index contributed by atoms with van der Waals surface area (Å²) >= 11 is 1.16. The van der Waals surface area contributed by atoms with Gasteiger partial charge in [-0.2, -0.15) is 0 Å². The number of carbonyl (C=O) groups is 1. The van der Waals surface area contributed by atoms with Gasteiger partial charge in [0.1, 0.15) is 0 Å². The molecule has 122 valence electrons. The second-order valence-corrected chi connectivity index (χ2v) is 6.30. The van der Waals surface area contributed by atoms with Crippen molar-refractivity contribution in [1.82, 2.24) is 9.47 Å². The summed E-state index contributed by atoms with van der Waals surface area (Å²) in [7, 11) is 1.76. The van der Waals surface area contributed by atoms with Gasteiger partial charge < -0.3 is 18.9 Å². The Morgan fingerprint density at radius 2 is 2.13 bits per heavy atom. The first-order valence-electron chi connectivity index (χ1n) is 7.32. The highest BCUT2D eigenvalue weighted by Crippen LogP contribution is 2.32. The molecule has 0 atom stereocenters. The Morgan fingerprint density at radius 3 is 2.87 bits per heavy atom. The van der Waals surface area contributed by atoms with Crippen molar-refractivity contribution in [3.05, 3.63) is 44.5 Å². The van der Waals surface area contributed by atoms with Gasteiger partial charge in [-0.25, -0.2) is 0 Å². The number of aryl methyl sites for hydroxylation is 1. The van der Waals surface area contributed by atoms with Crippen molar-refractivity contribution in [3.8, 4) is 11.5 Å². The first-order valence-corrected chi connectivity index (χ1v) is 8.20. The highest BCUT2D eigenvalue weighted by molar-refractivity contribution is 7.07. The Labute approximate surface area is 137 Å². The van der Waals surface area contributed by atoms with Crippen LogP contribution in [0.2, 0.25) is 0 Å². The molecule has 0 unspecified atom stereocenters. The third-order valence-electron chi connectivity index (χ3n) is 3.81. The minimum Gasteiger partial charge on any atom is -0.454 e. The lowest BCUT2D eigenvalue weighted by Gasteiger charge is -2.17. The fourth-order valence-electron chi connectivity index (χ4n) is 2.47. The van der Waals surface area contributed by atoms with Crippen LogP contribution in [0.5, 0.6) is 11.5 Å². The number of fused-ring (bicyclic) bond motifs is 1. The average Bonchev–Trinajstić information content (AvgIpc) is 3.11. The van der Waals surface area contributed by atoms with Gasteiger partial charge in [0, 0.05) is 37.6 Å². The fraction of sp³-hybridized carbons (Fsp3) is 0.375. The van der Waals surface area contributed by atoms with Crippen LogP contribution in [0.3, 0.4) is 0 Å². The lowest BCUT2D eigenvalue weighted by Crippen LogP contribution is -2.28. The summed E-state index contributed by atoms with van der Waals surface area (Å²) in [5, 5.41) is 1.81. The maximum atomic E-state index is 12.3. The third-order valence-corrected chi connectivity index (χ3v) is 4.69. The normalized spacial score (nSPS) is 12.4. The number of ether oxygens (including phenoxy) is 2. The molecule has 23 heavy (non-hydrogen) atoms. The van der Waals surface area contributed by atoms with Gasteiger partial charge in [0.05, 0.1) is 0 Å². The maximum Gasteiger partial charge on any atom is 0.307 e. The highest BCUT2D eigenvalue weighted by Gasteiger charge is 2.15. The van der Waals surface area contributed by atoms with Gasteiger partial charge in [-0.05, 0) is 24.6 Å². The molecule has 0 fully saturated rings. The van der Waals surface area contributed by atoms with E-state index >= 15 is 0 Å². The molecule has 1 amide bonds. The van der Waals surface area contributed by atoms with Crippen LogP contribution in [0, 0.1) is 6.92 Å². The molecule has 0 saturated carbocycles. The van der Waals surface area contributed by atoms with E-state index in [-0.39, 0.29) is 17.6 Å². The standard InChI is InChI=1S/C16H18N2O4S/c1-11-9-23-16(20)18(11)6-5-15(19)17(2)8-12-3-4-13-14(7-12)22-10-21-13/h3-4,7,9H,5-6,8,10H2,1-2H3. The van der Waals surface area contributed by atoms with Gasteiger partial charge >= 0.3 is 4.87 Å². The molecule has 1 aliphatic heterocycles. The summed E-state index contributed by atoms with van der Waals surface area (Å²) in [6, 6.07) is 5.66. The molecule has 1 aromatic heterocycles. The zero-order valence-electron chi connectivity index (χ0n) is 13.1. The molecular formula is C16H18N2O4S. The Morgan fingerprint density at radius 1 is 1.35 bits per heavy atom. The Kier molecular flexibility index (Phi) is 4.38. The molecular weight excluding hydrogens is 316 g/mol. The maximum absolute atomic E-state index is 12.3. The fourth-order valence-corrected chi connectivity index (χ4v) is 3.24. The molecule has 0 aliphatic carbocycles. The summed E-state index contributed by atoms with van der Waals surface area (Å²) in [5.74, 6) is 1.44. The number of carbonyl (C=O) groups excluding carboxylic acids is 1. The minimum atomic E-state index is -0.0197. The highest BCUT2D eigenvalue weighted by atomic mass is 32.1. The molecule has 7 heteroatoms. The number of hydrogen-bond acceptors (Lipinski definition) is 5. The topological polar surface area (TPSA) is 60.8 Å². The molecule has 2 aromatic rings. The van der Waals surface area contributed by atoms with Crippen LogP contribution in [0.25, 0.3) is 0 Å². The molecule has 0 saturated heterocycles. The van der Waals surface area contributed by atoms with Crippen molar-refractivity contribution in [3.63, 3.8) is 0 Å². The first-order chi connectivity index (χ1) is 11.0. The van der Waals surface area contributed by atoms with E-state index in [0.29, 0.717) is 25.3 Å². The quantitative estimate of drug-likeness (QED) is 0.839. The summed E-state index contributed by atoms with van der Waals surface area (Å²) < 4.78 is 12.3. The number of amides is 1. The lowest BCUT2D eigenvalue weighted by molar-refractivity contribution is -0.130. The monoisotopic (exact) mass is 334 g/mol. The van der Waals surface area contributed by atoms with Crippen molar-refractivity contribution < 1.29 is 14.3 Å². The van der Waals surface area contributed by atoms with Gasteiger partial charge in [0.2, 0.25) is 12.7 Å². The second kappa shape index (κ2) is 6.45. The average molecular weight is 334 g/mol. The van der Waals surface area contributed by atoms with E-state index < -0.39 is 0 Å². The molecule has 1 aromatic carbocycles. The second-order valence-electron chi connectivity index (χ2n) is 5.48. The van der Waals surface area contributed by atoms with Gasteiger partial charge in [-0.15, -0.1) is 0 Å². The number of nitrogens with zero attached hydrogens (tertiary/aromatic N) is 2. The third kappa shape index (κ3) is 3.39. The van der Waals surface area contributed by atoms with E-state index in [1.54, 1.807) is 16.5 Å². The smallest absolute Gasteiger partial charge is 0.307 e. The van der Waals surface area contributed by atoms with Gasteiger partial charge in [-0.1, -0.05) is 17.4 Å². The van der Waals surface area contributed by atoms with E-state index in [1.807, 2.05) is 30.5 Å². The van der Waals surface area contributed by atoms with E-state index in [0.717, 1.165) is 28.3 Å². The van der Waals surface area contributed by atoms with Crippen LogP contribution < -0.4 is 14.3 Å². The van der Waals surface area contributed by atoms with E-state index in [9.17, 15) is 9.59 Å². The first kappa shape index (κ1) is 15.6. The summed E-state index contributed by atoms with van der Waals surface area (Å²) in [4.78, 5) is 25.5. The van der Waals surface area contributed by atoms with Crippen molar-refractivity contribution in [2.75, 3.05) is 13.8 Å². The molecule has 3 rings (SSSR count). The van der Waals surface area contributed by atoms with Crippen LogP contribution >= 0.6 is 11.3 Å². The molecule has 0 N–H and O–H groups in total. The van der Waals surface area contributed by atoms with E-state index in [2.05, 4.69) is 0 Å². The number of rotatable bonds is 5. The largest absolute Gasteiger partial charge is 0.454 e. The zero-order valence-corrected chi connectivity index (χ0v) is 13.9. The molecule has 0 radical (unpaired) electrons. The Balaban J connectivity index is 1.58. The number of hydrogen-bond donors (Lipinski definition) is 0. The number of aromatic nitrogens is 1. The summed E-state index contributed by atoms with van der Waals surface area (Å²) in [5.41, 5.74) is 1.88. The van der Waals surface area contributed by atoms with E-state index in [1.165, 1.54) is 0 Å². The van der Waals surface area contributed by atoms with E-state index in [4.69, 9.17) is 9.47 Å². The van der Waals surface area contributed by atoms with Crippen molar-refractivity contribution in [2.45, 2.75) is 26.4 Å². The molecule has 0 spiro atoms. The van der Waals surface area contributed by atoms with Crippen molar-refractivity contribution in [1.29, 1.82) is 0 Å². The molecule has 1 aliphatic rings. The molecule has 2 heterocycles. The van der Waals surface area contributed by atoms with Gasteiger partial charge in [0.25, 0.3) is 0 Å². The van der Waals surface area contributed by atoms with Gasteiger partial charge in [0.15, 0.2) is 11.5 Å². The van der Waals surface area contributed by atoms with Crippen LogP contribution in [0.15, 0.2) is 28.4 Å². The molecule has 0 bridgehead atoms. The van der Waals surface area contributed by atoms with Crippen LogP contribution in [-0.2, 0) is 17.9 Å². The lowest BCUT2D eigenvalue weighted by atomic mass is 10.2. The minimum absolute atomic E-state index is 0.000154. The van der Waals surface area contributed by atoms with Gasteiger partial charge in [-0.3, -0.25) is 9.59 Å². The SMILES string of the molecule is Cc1csc(=O)n1CCC(=O)N(C)Cc1ccc2c(c1)OCO2. The van der Waals surface area contributed by atoms with Crippen LogP contribution in [0.1, 0.15) is 17.7 Å². The van der Waals surface area contributed by atoms with Crippen LogP contribution in [0.4, 0.5) is 0 Å². The predicted molar refractivity (Wildman–Crippen MR) is 87.0 cm³/mol. The summed E-state index contributed by atoms with van der Waals surface area (Å²) in [6.07, 6.45) is 0.304. The molecule has 6 nitrogen and oxygen atoms in total. The number of benzene rings is 1. The van der Waals surface area contributed by atoms with Crippen molar-refractivity contribution >= 4 is 17.2 Å².